The van der Waals surface area contributed by atoms with Crippen molar-refractivity contribution in [3.63, 3.8) is 0 Å². The third-order valence-electron chi connectivity index (χ3n) is 9.09. The third-order valence-corrected chi connectivity index (χ3v) is 9.09. The van der Waals surface area contributed by atoms with Gasteiger partial charge in [0, 0.05) is 24.7 Å². The molecule has 2 aliphatic rings. The van der Waals surface area contributed by atoms with Crippen LogP contribution in [0.15, 0.2) is 54.7 Å². The molecule has 0 radical (unpaired) electrons. The van der Waals surface area contributed by atoms with Gasteiger partial charge >= 0.3 is 0 Å². The van der Waals surface area contributed by atoms with Gasteiger partial charge in [-0.2, -0.15) is 0 Å². The van der Waals surface area contributed by atoms with Crippen molar-refractivity contribution in [2.24, 2.45) is 11.8 Å². The number of ether oxygens (including phenoxy) is 2. The zero-order valence-corrected chi connectivity index (χ0v) is 28.5. The molecule has 6 atom stereocenters. The fourth-order valence-electron chi connectivity index (χ4n) is 6.07. The second kappa shape index (κ2) is 15.9. The first-order chi connectivity index (χ1) is 22.4. The van der Waals surface area contributed by atoms with Crippen molar-refractivity contribution in [2.75, 3.05) is 27.7 Å². The minimum Gasteiger partial charge on any atom is -0.496 e. The van der Waals surface area contributed by atoms with E-state index in [0.717, 1.165) is 5.56 Å². The zero-order chi connectivity index (χ0) is 34.2. The van der Waals surface area contributed by atoms with E-state index in [2.05, 4.69) is 16.0 Å². The molecule has 11 nitrogen and oxygen atoms in total. The number of carbonyl (C=O) groups excluding carboxylic acids is 4. The summed E-state index contributed by atoms with van der Waals surface area (Å²) in [5, 5.41) is 8.74. The summed E-state index contributed by atoms with van der Waals surface area (Å²) in [7, 11) is 5.23. The molecule has 1 fully saturated rings. The monoisotopic (exact) mass is 647 g/mol. The summed E-state index contributed by atoms with van der Waals surface area (Å²) in [6, 6.07) is 11.7. The van der Waals surface area contributed by atoms with Crippen molar-refractivity contribution < 1.29 is 28.7 Å². The minimum atomic E-state index is -1.03. The number of methoxy groups -OCH3 is 1. The van der Waals surface area contributed by atoms with Crippen molar-refractivity contribution in [3.8, 4) is 11.5 Å². The van der Waals surface area contributed by atoms with E-state index in [-0.39, 0.29) is 36.1 Å². The number of nitrogens with zero attached hydrogens (tertiary/aromatic N) is 2. The molecule has 11 heteroatoms. The van der Waals surface area contributed by atoms with Crippen LogP contribution < -0.4 is 25.4 Å². The molecule has 2 aliphatic heterocycles. The van der Waals surface area contributed by atoms with Gasteiger partial charge in [0.2, 0.25) is 23.6 Å². The molecular weight excluding hydrogens is 598 g/mol. The van der Waals surface area contributed by atoms with Gasteiger partial charge in [0.05, 0.1) is 13.2 Å². The predicted molar refractivity (Wildman–Crippen MR) is 180 cm³/mol. The van der Waals surface area contributed by atoms with Gasteiger partial charge in [-0.3, -0.25) is 24.1 Å². The molecule has 47 heavy (non-hydrogen) atoms. The smallest absolute Gasteiger partial charge is 0.247 e. The molecule has 3 N–H and O–H groups in total. The van der Waals surface area contributed by atoms with Crippen LogP contribution in [0.4, 0.5) is 0 Å². The highest BCUT2D eigenvalue weighted by Gasteiger charge is 2.47. The molecule has 2 bridgehead atoms. The van der Waals surface area contributed by atoms with E-state index in [4.69, 9.17) is 9.47 Å². The number of benzene rings is 2. The summed E-state index contributed by atoms with van der Waals surface area (Å²) in [6.45, 7) is 7.82. The molecule has 0 aliphatic carbocycles. The lowest BCUT2D eigenvalue weighted by atomic mass is 9.97. The summed E-state index contributed by atoms with van der Waals surface area (Å²) in [6.07, 6.45) is 4.04. The number of fused-ring (bicyclic) bond motifs is 3. The van der Waals surface area contributed by atoms with Gasteiger partial charge in [-0.05, 0) is 62.2 Å². The lowest BCUT2D eigenvalue weighted by molar-refractivity contribution is -0.145. The number of likely N-dealkylation sites (tertiary alicyclic amines) is 1. The Bertz CT molecular complexity index is 1440. The van der Waals surface area contributed by atoms with Gasteiger partial charge in [-0.1, -0.05) is 64.4 Å². The number of amides is 4. The maximum atomic E-state index is 14.4. The molecule has 0 unspecified atom stereocenters. The molecule has 1 saturated heterocycles. The highest BCUT2D eigenvalue weighted by molar-refractivity contribution is 5.96. The van der Waals surface area contributed by atoms with Crippen molar-refractivity contribution in [3.05, 3.63) is 65.9 Å². The Morgan fingerprint density at radius 1 is 1.09 bits per heavy atom. The van der Waals surface area contributed by atoms with Gasteiger partial charge in [0.25, 0.3) is 0 Å². The van der Waals surface area contributed by atoms with E-state index < -0.39 is 36.2 Å². The fraction of sp³-hybridized carbons (Fsp3) is 0.500. The van der Waals surface area contributed by atoms with E-state index >= 15 is 0 Å². The quantitative estimate of drug-likeness (QED) is 0.362. The predicted octanol–water partition coefficient (Wildman–Crippen LogP) is 2.99. The topological polar surface area (TPSA) is 129 Å². The van der Waals surface area contributed by atoms with Gasteiger partial charge < -0.3 is 30.3 Å². The first-order valence-electron chi connectivity index (χ1n) is 16.4. The maximum Gasteiger partial charge on any atom is 0.247 e. The van der Waals surface area contributed by atoms with Crippen LogP contribution in [-0.4, -0.2) is 91.4 Å². The van der Waals surface area contributed by atoms with Crippen molar-refractivity contribution in [1.29, 1.82) is 0 Å². The third kappa shape index (κ3) is 8.51. The molecule has 254 valence electrons. The Hall–Kier alpha value is -4.38. The zero-order valence-electron chi connectivity index (χ0n) is 28.5. The summed E-state index contributed by atoms with van der Waals surface area (Å²) < 4.78 is 11.9. The van der Waals surface area contributed by atoms with E-state index in [9.17, 15) is 19.2 Å². The van der Waals surface area contributed by atoms with Crippen LogP contribution in [0.3, 0.4) is 0 Å². The molecular formula is C36H49N5O6. The second-order valence-corrected chi connectivity index (χ2v) is 12.9. The highest BCUT2D eigenvalue weighted by Crippen LogP contribution is 2.30. The largest absolute Gasteiger partial charge is 0.496 e. The number of nitrogens with one attached hydrogen (secondary N) is 3. The lowest BCUT2D eigenvalue weighted by Gasteiger charge is -2.34. The number of hydrogen-bond acceptors (Lipinski definition) is 7. The Kier molecular flexibility index (Phi) is 12.0. The van der Waals surface area contributed by atoms with Gasteiger partial charge in [0.15, 0.2) is 0 Å². The standard InChI is InChI=1S/C36H49N5O6/c1-8-23(4)31-34(43)37-18-16-25-21-26(14-15-28(25)46-7)47-29-17-19-41(32(29)35(44)39-31)36(45)30(22(2)3)38-33(42)27(40(5)6)20-24-12-10-9-11-13-24/h9-16,18,21-23,27,29-32H,8,17,19-20H2,1-7H3,(H,37,43)(H,38,42)(H,39,44)/b18-16-/t23-,27+,29+,30+,31+,32+/m1/s1. The van der Waals surface area contributed by atoms with Crippen LogP contribution in [0.25, 0.3) is 6.08 Å². The van der Waals surface area contributed by atoms with Gasteiger partial charge in [-0.15, -0.1) is 0 Å². The first kappa shape index (κ1) is 35.5. The van der Waals surface area contributed by atoms with E-state index in [1.165, 1.54) is 11.1 Å². The molecule has 2 aromatic carbocycles. The summed E-state index contributed by atoms with van der Waals surface area (Å²) in [5.74, 6) is -0.869. The van der Waals surface area contributed by atoms with Crippen molar-refractivity contribution >= 4 is 29.7 Å². The van der Waals surface area contributed by atoms with Gasteiger partial charge in [0.1, 0.15) is 35.7 Å². The Morgan fingerprint density at radius 3 is 2.45 bits per heavy atom. The summed E-state index contributed by atoms with van der Waals surface area (Å²) in [4.78, 5) is 58.9. The average Bonchev–Trinajstić information content (AvgIpc) is 3.47. The van der Waals surface area contributed by atoms with Crippen LogP contribution >= 0.6 is 0 Å². The van der Waals surface area contributed by atoms with E-state index in [0.29, 0.717) is 36.3 Å². The average molecular weight is 648 g/mol. The fourth-order valence-corrected chi connectivity index (χ4v) is 6.07. The Balaban J connectivity index is 1.66. The number of hydrogen-bond donors (Lipinski definition) is 3. The van der Waals surface area contributed by atoms with E-state index in [1.54, 1.807) is 31.4 Å². The molecule has 2 aromatic rings. The summed E-state index contributed by atoms with van der Waals surface area (Å²) in [5.41, 5.74) is 1.69. The van der Waals surface area contributed by atoms with Crippen LogP contribution in [-0.2, 0) is 25.6 Å². The van der Waals surface area contributed by atoms with Gasteiger partial charge in [-0.25, -0.2) is 0 Å². The normalized spacial score (nSPS) is 22.3. The molecule has 2 heterocycles. The molecule has 0 spiro atoms. The number of rotatable bonds is 10. The maximum absolute atomic E-state index is 14.4. The summed E-state index contributed by atoms with van der Waals surface area (Å²) >= 11 is 0. The molecule has 4 rings (SSSR count). The van der Waals surface area contributed by atoms with Crippen LogP contribution in [0.2, 0.25) is 0 Å². The first-order valence-corrected chi connectivity index (χ1v) is 16.4. The van der Waals surface area contributed by atoms with Crippen LogP contribution in [0.1, 0.15) is 51.7 Å². The molecule has 0 saturated carbocycles. The van der Waals surface area contributed by atoms with Crippen molar-refractivity contribution in [2.45, 2.75) is 77.2 Å². The molecule has 0 aromatic heterocycles. The van der Waals surface area contributed by atoms with Crippen LogP contribution in [0, 0.1) is 11.8 Å². The van der Waals surface area contributed by atoms with E-state index in [1.807, 2.05) is 77.0 Å². The molecule has 4 amide bonds. The Labute approximate surface area is 278 Å². The van der Waals surface area contributed by atoms with Crippen molar-refractivity contribution in [1.82, 2.24) is 25.8 Å². The SMILES string of the molecule is CC[C@@H](C)[C@@H]1NC(=O)[C@@H]2[C@H](CCN2C(=O)[C@@H](NC(=O)[C@H](Cc2ccccc2)N(C)C)C(C)C)Oc2ccc(OC)c(c2)/C=C\NC1=O. The lowest BCUT2D eigenvalue weighted by Crippen LogP contribution is -2.61. The number of carbonyl (C=O) groups is 4. The number of likely N-dealkylation sites (N-methyl/N-ethyl adjacent to an activating group) is 1. The second-order valence-electron chi connectivity index (χ2n) is 12.9. The van der Waals surface area contributed by atoms with Crippen LogP contribution in [0.5, 0.6) is 11.5 Å². The Morgan fingerprint density at radius 2 is 1.81 bits per heavy atom. The minimum absolute atomic E-state index is 0.187. The highest BCUT2D eigenvalue weighted by atomic mass is 16.5.